The molecule has 0 amide bonds. The van der Waals surface area contributed by atoms with Gasteiger partial charge in [0.25, 0.3) is 0 Å². The van der Waals surface area contributed by atoms with Gasteiger partial charge in [0.15, 0.2) is 0 Å². The predicted octanol–water partition coefficient (Wildman–Crippen LogP) is 2.95. The van der Waals surface area contributed by atoms with Crippen molar-refractivity contribution in [2.75, 3.05) is 5.32 Å². The van der Waals surface area contributed by atoms with Crippen LogP contribution in [0.3, 0.4) is 0 Å². The molecule has 2 heterocycles. The molecule has 1 N–H and O–H groups in total. The van der Waals surface area contributed by atoms with E-state index in [9.17, 15) is 0 Å². The molecule has 0 aliphatic rings. The maximum atomic E-state index is 6.24. The van der Waals surface area contributed by atoms with Gasteiger partial charge in [0.2, 0.25) is 0 Å². The third-order valence-corrected chi connectivity index (χ3v) is 3.38. The number of tetrazole rings is 1. The topological polar surface area (TPSA) is 68.8 Å². The summed E-state index contributed by atoms with van der Waals surface area (Å²) in [5, 5.41) is 15.2. The quantitative estimate of drug-likeness (QED) is 0.785. The molecule has 0 saturated heterocycles. The van der Waals surface area contributed by atoms with Crippen LogP contribution in [0.2, 0.25) is 5.02 Å². The number of aromatic nitrogens is 4. The highest BCUT2D eigenvalue weighted by atomic mass is 35.5. The normalized spacial score (nSPS) is 12.3. The van der Waals surface area contributed by atoms with Gasteiger partial charge in [-0.05, 0) is 47.7 Å². The minimum atomic E-state index is 0.178. The first-order valence-corrected chi connectivity index (χ1v) is 6.92. The van der Waals surface area contributed by atoms with Crippen molar-refractivity contribution < 1.29 is 4.42 Å². The van der Waals surface area contributed by atoms with E-state index in [2.05, 4.69) is 27.8 Å². The number of furan rings is 1. The van der Waals surface area contributed by atoms with Crippen molar-refractivity contribution in [3.63, 3.8) is 0 Å². The summed E-state index contributed by atoms with van der Waals surface area (Å²) >= 11 is 6.24. The first-order chi connectivity index (χ1) is 10.2. The van der Waals surface area contributed by atoms with Crippen molar-refractivity contribution in [1.29, 1.82) is 0 Å². The van der Waals surface area contributed by atoms with Crippen LogP contribution in [0.15, 0.2) is 47.3 Å². The second-order valence-corrected chi connectivity index (χ2v) is 5.15. The smallest absolute Gasteiger partial charge is 0.143 e. The Hall–Kier alpha value is -2.34. The van der Waals surface area contributed by atoms with Gasteiger partial charge >= 0.3 is 0 Å². The Morgan fingerprint density at radius 2 is 2.29 bits per heavy atom. The van der Waals surface area contributed by atoms with Crippen LogP contribution < -0.4 is 5.32 Å². The maximum Gasteiger partial charge on any atom is 0.143 e. The van der Waals surface area contributed by atoms with E-state index in [1.54, 1.807) is 17.3 Å². The van der Waals surface area contributed by atoms with Gasteiger partial charge in [-0.1, -0.05) is 11.6 Å². The Balaban J connectivity index is 1.76. The summed E-state index contributed by atoms with van der Waals surface area (Å²) in [5.41, 5.74) is 1.68. The van der Waals surface area contributed by atoms with E-state index in [0.29, 0.717) is 5.02 Å². The highest BCUT2D eigenvalue weighted by Gasteiger charge is 2.10. The summed E-state index contributed by atoms with van der Waals surface area (Å²) < 4.78 is 6.93. The molecule has 0 fully saturated rings. The lowest BCUT2D eigenvalue weighted by Crippen LogP contribution is -2.18. The second-order valence-electron chi connectivity index (χ2n) is 4.75. The van der Waals surface area contributed by atoms with Crippen LogP contribution in [0, 0.1) is 0 Å². The molecule has 1 unspecified atom stereocenters. The highest BCUT2D eigenvalue weighted by Crippen LogP contribution is 2.25. The standard InChI is InChI=1S/C14H14ClN5O/c1-10(7-12-3-2-6-21-12)17-14-8-11(4-5-13(14)15)20-9-16-18-19-20/h2-6,8-10,17H,7H2,1H3. The molecule has 2 aromatic heterocycles. The lowest BCUT2D eigenvalue weighted by atomic mass is 10.2. The molecule has 0 radical (unpaired) electrons. The van der Waals surface area contributed by atoms with Crippen LogP contribution in [0.25, 0.3) is 5.69 Å². The fourth-order valence-electron chi connectivity index (χ4n) is 2.09. The molecule has 0 aliphatic carbocycles. The van der Waals surface area contributed by atoms with E-state index >= 15 is 0 Å². The Labute approximate surface area is 126 Å². The predicted molar refractivity (Wildman–Crippen MR) is 79.7 cm³/mol. The van der Waals surface area contributed by atoms with Gasteiger partial charge in [-0.2, -0.15) is 0 Å². The molecular formula is C14H14ClN5O. The summed E-state index contributed by atoms with van der Waals surface area (Å²) in [6, 6.07) is 9.61. The number of halogens is 1. The molecule has 0 saturated carbocycles. The van der Waals surface area contributed by atoms with Crippen molar-refractivity contribution in [2.24, 2.45) is 0 Å². The average molecular weight is 304 g/mol. The Kier molecular flexibility index (Phi) is 3.87. The lowest BCUT2D eigenvalue weighted by Gasteiger charge is -2.16. The molecule has 3 rings (SSSR count). The van der Waals surface area contributed by atoms with Gasteiger partial charge in [-0.25, -0.2) is 4.68 Å². The third-order valence-electron chi connectivity index (χ3n) is 3.05. The zero-order valence-electron chi connectivity index (χ0n) is 11.4. The first kappa shape index (κ1) is 13.6. The van der Waals surface area contributed by atoms with E-state index in [-0.39, 0.29) is 6.04 Å². The summed E-state index contributed by atoms with van der Waals surface area (Å²) in [4.78, 5) is 0. The number of benzene rings is 1. The van der Waals surface area contributed by atoms with Crippen molar-refractivity contribution in [2.45, 2.75) is 19.4 Å². The first-order valence-electron chi connectivity index (χ1n) is 6.54. The molecule has 1 atom stereocenters. The Morgan fingerprint density at radius 1 is 1.38 bits per heavy atom. The van der Waals surface area contributed by atoms with Gasteiger partial charge in [-0.15, -0.1) is 5.10 Å². The molecule has 0 spiro atoms. The Bertz CT molecular complexity index is 696. The van der Waals surface area contributed by atoms with Crippen molar-refractivity contribution in [1.82, 2.24) is 20.2 Å². The minimum absolute atomic E-state index is 0.178. The fourth-order valence-corrected chi connectivity index (χ4v) is 2.27. The van der Waals surface area contributed by atoms with Crippen LogP contribution >= 0.6 is 11.6 Å². The summed E-state index contributed by atoms with van der Waals surface area (Å²) in [5.74, 6) is 0.933. The van der Waals surface area contributed by atoms with Gasteiger partial charge in [0.1, 0.15) is 12.1 Å². The molecule has 21 heavy (non-hydrogen) atoms. The van der Waals surface area contributed by atoms with Crippen molar-refractivity contribution in [3.8, 4) is 5.69 Å². The fraction of sp³-hybridized carbons (Fsp3) is 0.214. The SMILES string of the molecule is CC(Cc1ccco1)Nc1cc(-n2cnnn2)ccc1Cl. The molecular weight excluding hydrogens is 290 g/mol. The number of rotatable bonds is 5. The molecule has 0 bridgehead atoms. The van der Waals surface area contributed by atoms with Crippen LogP contribution in [-0.4, -0.2) is 26.2 Å². The zero-order valence-corrected chi connectivity index (χ0v) is 12.2. The van der Waals surface area contributed by atoms with Gasteiger partial charge in [0, 0.05) is 12.5 Å². The minimum Gasteiger partial charge on any atom is -0.469 e. The second kappa shape index (κ2) is 5.97. The van der Waals surface area contributed by atoms with E-state index in [0.717, 1.165) is 23.6 Å². The van der Waals surface area contributed by atoms with E-state index in [1.807, 2.05) is 30.3 Å². The van der Waals surface area contributed by atoms with Gasteiger partial charge in [-0.3, -0.25) is 0 Å². The monoisotopic (exact) mass is 303 g/mol. The van der Waals surface area contributed by atoms with Gasteiger partial charge in [0.05, 0.1) is 22.7 Å². The average Bonchev–Trinajstić information content (AvgIpc) is 3.14. The summed E-state index contributed by atoms with van der Waals surface area (Å²) in [6.07, 6.45) is 3.99. The number of hydrogen-bond donors (Lipinski definition) is 1. The molecule has 3 aromatic rings. The summed E-state index contributed by atoms with van der Waals surface area (Å²) in [7, 11) is 0. The van der Waals surface area contributed by atoms with E-state index < -0.39 is 0 Å². The molecule has 108 valence electrons. The van der Waals surface area contributed by atoms with Gasteiger partial charge < -0.3 is 9.73 Å². The van der Waals surface area contributed by atoms with Crippen LogP contribution in [0.4, 0.5) is 5.69 Å². The van der Waals surface area contributed by atoms with Crippen molar-refractivity contribution in [3.05, 3.63) is 53.7 Å². The maximum absolute atomic E-state index is 6.24. The largest absolute Gasteiger partial charge is 0.469 e. The number of nitrogens with one attached hydrogen (secondary N) is 1. The summed E-state index contributed by atoms with van der Waals surface area (Å²) in [6.45, 7) is 2.07. The molecule has 1 aromatic carbocycles. The number of nitrogens with zero attached hydrogens (tertiary/aromatic N) is 4. The number of anilines is 1. The zero-order chi connectivity index (χ0) is 14.7. The molecule has 7 heteroatoms. The van der Waals surface area contributed by atoms with Crippen LogP contribution in [0.1, 0.15) is 12.7 Å². The molecule has 6 nitrogen and oxygen atoms in total. The van der Waals surface area contributed by atoms with Crippen LogP contribution in [0.5, 0.6) is 0 Å². The number of hydrogen-bond acceptors (Lipinski definition) is 5. The van der Waals surface area contributed by atoms with Crippen molar-refractivity contribution >= 4 is 17.3 Å². The molecule has 0 aliphatic heterocycles. The lowest BCUT2D eigenvalue weighted by molar-refractivity contribution is 0.498. The van der Waals surface area contributed by atoms with Crippen LogP contribution in [-0.2, 0) is 6.42 Å². The Morgan fingerprint density at radius 3 is 3.00 bits per heavy atom. The van der Waals surface area contributed by atoms with E-state index in [4.69, 9.17) is 16.0 Å². The third kappa shape index (κ3) is 3.22. The van der Waals surface area contributed by atoms with E-state index in [1.165, 1.54) is 0 Å². The highest BCUT2D eigenvalue weighted by molar-refractivity contribution is 6.33.